The Balaban J connectivity index is -0.000000878. The van der Waals surface area contributed by atoms with Crippen LogP contribution in [0.3, 0.4) is 0 Å². The summed E-state index contributed by atoms with van der Waals surface area (Å²) in [6, 6.07) is 18.4. The quantitative estimate of drug-likeness (QED) is 0.0413. The van der Waals surface area contributed by atoms with Gasteiger partial charge in [0.25, 0.3) is 6.47 Å². The third-order valence-corrected chi connectivity index (χ3v) is 8.55. The van der Waals surface area contributed by atoms with Gasteiger partial charge in [0, 0.05) is 19.5 Å². The molecule has 2 N–H and O–H groups in total. The topological polar surface area (TPSA) is 245 Å². The summed E-state index contributed by atoms with van der Waals surface area (Å²) in [7, 11) is -4.97. The van der Waals surface area contributed by atoms with Crippen LogP contribution < -0.4 is 69.8 Å². The first-order valence-electron chi connectivity index (χ1n) is 18.0. The van der Waals surface area contributed by atoms with Crippen molar-refractivity contribution in [3.8, 4) is 0 Å². The number of carbonyl (C=O) groups is 5. The van der Waals surface area contributed by atoms with Gasteiger partial charge in [-0.3, -0.25) is 4.79 Å². The van der Waals surface area contributed by atoms with Crippen molar-refractivity contribution in [1.29, 1.82) is 0 Å². The van der Waals surface area contributed by atoms with E-state index in [0.29, 0.717) is 24.0 Å². The summed E-state index contributed by atoms with van der Waals surface area (Å²) in [5, 5.41) is 25.6. The monoisotopic (exact) mass is 936 g/mol. The number of esters is 2. The fourth-order valence-electron chi connectivity index (χ4n) is 4.94. The third kappa shape index (κ3) is 22.2. The molecule has 0 saturated carbocycles. The third-order valence-electron chi connectivity index (χ3n) is 7.56. The molecule has 4 rings (SSSR count). The van der Waals surface area contributed by atoms with Gasteiger partial charge in [-0.1, -0.05) is 60.7 Å². The number of alkyl halides is 3. The molecule has 0 spiro atoms. The maximum absolute atomic E-state index is 12.5. The van der Waals surface area contributed by atoms with Gasteiger partial charge in [0.1, 0.15) is 17.0 Å². The molecule has 2 amide bonds. The first-order valence-corrected chi connectivity index (χ1v) is 19.4. The van der Waals surface area contributed by atoms with E-state index in [9.17, 15) is 40.8 Å². The molecule has 0 atom stereocenters. The van der Waals surface area contributed by atoms with Crippen LogP contribution in [0.1, 0.15) is 61.4 Å². The fraction of sp³-hybridized carbons (Fsp3) is 0.447. The normalized spacial score (nSPS) is 13.8. The Kier molecular flexibility index (Phi) is 27.6. The van der Waals surface area contributed by atoms with Crippen LogP contribution in [0.25, 0.3) is 5.57 Å². The summed E-state index contributed by atoms with van der Waals surface area (Å²) in [4.78, 5) is 62.0. The molecule has 0 fully saturated rings. The Bertz CT molecular complexity index is 1970. The summed E-state index contributed by atoms with van der Waals surface area (Å²) in [6.07, 6.45) is -1.07. The Morgan fingerprint density at radius 2 is 1.14 bits per heavy atom. The van der Waals surface area contributed by atoms with Crippen molar-refractivity contribution < 1.29 is 149 Å². The van der Waals surface area contributed by atoms with E-state index in [0.717, 1.165) is 23.1 Å². The molecular weight excluding hydrogens is 886 g/mol. The number of benzene rings is 2. The van der Waals surface area contributed by atoms with Gasteiger partial charge in [0.15, 0.2) is 0 Å². The van der Waals surface area contributed by atoms with Crippen LogP contribution in [-0.2, 0) is 52.5 Å². The van der Waals surface area contributed by atoms with Crippen LogP contribution in [0.4, 0.5) is 22.8 Å². The first kappa shape index (κ1) is 61.4. The van der Waals surface area contributed by atoms with E-state index in [1.165, 1.54) is 7.11 Å². The Hall–Kier alpha value is -3.65. The largest absolute Gasteiger partial charge is 1.00 e. The van der Waals surface area contributed by atoms with Crippen LogP contribution >= 0.6 is 0 Å². The van der Waals surface area contributed by atoms with Crippen molar-refractivity contribution in [1.82, 2.24) is 9.80 Å². The number of hydrogen-bond acceptors (Lipinski definition) is 16. The molecule has 63 heavy (non-hydrogen) atoms. The maximum Gasteiger partial charge on any atom is 1.00 e. The van der Waals surface area contributed by atoms with E-state index < -0.39 is 82.4 Å². The average molecular weight is 937 g/mol. The van der Waals surface area contributed by atoms with Crippen molar-refractivity contribution in [2.24, 2.45) is 0 Å². The van der Waals surface area contributed by atoms with Gasteiger partial charge in [-0.05, 0) is 64.6 Å². The second kappa shape index (κ2) is 28.3. The van der Waals surface area contributed by atoms with Crippen molar-refractivity contribution in [2.45, 2.75) is 71.1 Å². The molecule has 25 heteroatoms. The molecule has 2 aliphatic rings. The van der Waals surface area contributed by atoms with Gasteiger partial charge in [0.05, 0.1) is 38.5 Å². The molecule has 2 aliphatic heterocycles. The number of amides is 2. The number of hydrogen-bond donors (Lipinski definition) is 2. The van der Waals surface area contributed by atoms with Crippen LogP contribution in [-0.4, -0.2) is 123 Å². The fourth-order valence-corrected chi connectivity index (χ4v) is 5.48. The Morgan fingerprint density at radius 1 is 0.746 bits per heavy atom. The van der Waals surface area contributed by atoms with E-state index in [2.05, 4.69) is 13.8 Å². The summed E-state index contributed by atoms with van der Waals surface area (Å²) in [6.45, 7) is 10.1. The number of ether oxygens (including phenoxy) is 4. The zero-order valence-electron chi connectivity index (χ0n) is 37.7. The molecule has 0 radical (unpaired) electrons. The van der Waals surface area contributed by atoms with Crippen LogP contribution in [0.5, 0.6) is 0 Å². The number of carbonyl (C=O) groups excluding carboxylic acids is 5. The van der Waals surface area contributed by atoms with Crippen LogP contribution in [0, 0.1) is 0 Å². The van der Waals surface area contributed by atoms with Gasteiger partial charge in [-0.25, -0.2) is 19.2 Å². The number of halogens is 3. The molecule has 2 aromatic carbocycles. The summed E-state index contributed by atoms with van der Waals surface area (Å²) >= 11 is 0. The molecule has 0 aliphatic carbocycles. The van der Waals surface area contributed by atoms with Gasteiger partial charge in [-0.15, -0.1) is 0 Å². The molecule has 2 heterocycles. The minimum atomic E-state index is -5.94. The minimum Gasteiger partial charge on any atom is -1.00 e. The van der Waals surface area contributed by atoms with Crippen LogP contribution in [0.15, 0.2) is 77.6 Å². The second-order valence-electron chi connectivity index (χ2n) is 14.5. The molecule has 2 aromatic rings. The number of nitrogens with zero attached hydrogens (tertiary/aromatic N) is 2. The zero-order chi connectivity index (χ0) is 46.8. The Labute approximate surface area is 409 Å². The predicted octanol–water partition coefficient (Wildman–Crippen LogP) is -2.90. The molecule has 340 valence electrons. The zero-order valence-corrected chi connectivity index (χ0v) is 41.5. The van der Waals surface area contributed by atoms with Crippen molar-refractivity contribution >= 4 is 58.9 Å². The van der Waals surface area contributed by atoms with Gasteiger partial charge in [-0.2, -0.15) is 21.6 Å². The molecule has 0 unspecified atom stereocenters. The average Bonchev–Trinajstić information content (AvgIpc) is 3.19. The Morgan fingerprint density at radius 3 is 1.51 bits per heavy atom. The smallest absolute Gasteiger partial charge is 1.00 e. The van der Waals surface area contributed by atoms with E-state index in [-0.39, 0.29) is 80.1 Å². The van der Waals surface area contributed by atoms with Gasteiger partial charge >= 0.3 is 106 Å². The SMILES string of the molecule is COC(=O)C1=C(OS(=O)(=O)C(F)(F)F)CCN(C(=O)OC(C)(C)C)C1.COC(=O)C1=C(c2ccccc2)CCN(C(=O)OC(C)(C)C)C1.O=CO[O-].OB(O)c1ccccc1.[H-].[Na+].[Na+]. The van der Waals surface area contributed by atoms with E-state index in [1.807, 2.05) is 57.2 Å². The maximum atomic E-state index is 12.5. The molecule has 18 nitrogen and oxygen atoms in total. The molecule has 0 bridgehead atoms. The van der Waals surface area contributed by atoms with Crippen LogP contribution in [0.2, 0.25) is 0 Å². The van der Waals surface area contributed by atoms with E-state index >= 15 is 0 Å². The molecular formula is C38H50BF3N2Na2O16S. The summed E-state index contributed by atoms with van der Waals surface area (Å²) in [5.41, 5.74) is -4.60. The van der Waals surface area contributed by atoms with E-state index in [1.54, 1.807) is 49.9 Å². The van der Waals surface area contributed by atoms with Crippen molar-refractivity contribution in [2.75, 3.05) is 40.4 Å². The van der Waals surface area contributed by atoms with Gasteiger partial charge in [0.2, 0.25) is 0 Å². The second-order valence-corrected chi connectivity index (χ2v) is 16.0. The first-order chi connectivity index (χ1) is 28.2. The molecule has 0 saturated heterocycles. The van der Waals surface area contributed by atoms with Crippen molar-refractivity contribution in [3.63, 3.8) is 0 Å². The number of methoxy groups -OCH3 is 2. The van der Waals surface area contributed by atoms with Crippen molar-refractivity contribution in [3.05, 3.63) is 83.1 Å². The standard InChI is InChI=1S/C18H23NO4.C13H18F3NO7S.C6H7BO2.CH2O3.2Na.H/c1-18(2,3)23-17(21)19-11-10-14(13-8-6-5-7-9-13)15(12-19)16(20)22-4;1-12(2,3)23-11(19)17-6-5-9(8(7-17)10(18)22-4)24-25(20,21)13(14,15)16;8-7(9)6-4-2-1-3-5-6;2-1-4-3;;;/h5-9H,10-12H2,1-4H3;5-7H2,1-4H3;1-5,8-9H;1,3H;;;/q;;;;2*+1;-1/p-1. The predicted molar refractivity (Wildman–Crippen MR) is 210 cm³/mol. The van der Waals surface area contributed by atoms with E-state index in [4.69, 9.17) is 34.3 Å². The molecule has 0 aromatic heterocycles. The summed E-state index contributed by atoms with van der Waals surface area (Å²) in [5.74, 6) is -2.23. The number of rotatable bonds is 7. The minimum absolute atomic E-state index is 0. The summed E-state index contributed by atoms with van der Waals surface area (Å²) < 4.78 is 83.5. The van der Waals surface area contributed by atoms with Gasteiger partial charge < -0.3 is 54.5 Å².